The molecule has 2 unspecified atom stereocenters. The number of hydrogen-bond acceptors (Lipinski definition) is 3. The summed E-state index contributed by atoms with van der Waals surface area (Å²) in [5, 5.41) is 9.31. The van der Waals surface area contributed by atoms with Crippen LogP contribution in [0.15, 0.2) is 0 Å². The second-order valence-electron chi connectivity index (χ2n) is 5.18. The molecule has 1 heterocycles. The minimum Gasteiger partial charge on any atom is -0.400 e. The smallest absolute Gasteiger partial charge is 0.185 e. The summed E-state index contributed by atoms with van der Waals surface area (Å²) in [7, 11) is -1.66. The topological polar surface area (TPSA) is 42.2 Å². The van der Waals surface area contributed by atoms with Crippen LogP contribution >= 0.6 is 0 Å². The molecule has 0 N–H and O–H groups in total. The van der Waals surface area contributed by atoms with Gasteiger partial charge in [-0.15, -0.1) is 0 Å². The van der Waals surface area contributed by atoms with Gasteiger partial charge in [-0.2, -0.15) is 5.26 Å². The van der Waals surface area contributed by atoms with Crippen LogP contribution in [-0.4, -0.2) is 26.6 Å². The van der Waals surface area contributed by atoms with E-state index in [1.165, 1.54) is 0 Å². The Bertz CT molecular complexity index is 256. The predicted octanol–water partition coefficient (Wildman–Crippen LogP) is 2.69. The maximum Gasteiger partial charge on any atom is 0.185 e. The average molecular weight is 227 g/mol. The predicted molar refractivity (Wildman–Crippen MR) is 62.0 cm³/mol. The monoisotopic (exact) mass is 227 g/mol. The van der Waals surface area contributed by atoms with Gasteiger partial charge in [0.15, 0.2) is 8.32 Å². The normalized spacial score (nSPS) is 32.3. The molecule has 1 aliphatic rings. The summed E-state index contributed by atoms with van der Waals surface area (Å²) in [6.45, 7) is 9.12. The molecule has 0 aromatic heterocycles. The van der Waals surface area contributed by atoms with Crippen LogP contribution in [0.3, 0.4) is 0 Å². The Balaban J connectivity index is 2.72. The Morgan fingerprint density at radius 2 is 2.20 bits per heavy atom. The highest BCUT2D eigenvalue weighted by Gasteiger charge is 2.40. The van der Waals surface area contributed by atoms with E-state index in [1.807, 2.05) is 0 Å². The highest BCUT2D eigenvalue weighted by atomic mass is 28.4. The summed E-state index contributed by atoms with van der Waals surface area (Å²) in [6.07, 6.45) is 2.59. The summed E-state index contributed by atoms with van der Waals surface area (Å²) in [5.74, 6) is 0. The van der Waals surface area contributed by atoms with Gasteiger partial charge in [0.05, 0.1) is 18.8 Å². The molecule has 1 fully saturated rings. The molecule has 4 heteroatoms. The Kier molecular flexibility index (Phi) is 3.93. The summed E-state index contributed by atoms with van der Waals surface area (Å²) in [6, 6.07) is 2.37. The van der Waals surface area contributed by atoms with Crippen LogP contribution in [0.4, 0.5) is 0 Å². The van der Waals surface area contributed by atoms with Crippen LogP contribution in [-0.2, 0) is 9.16 Å². The molecule has 0 amide bonds. The Labute approximate surface area is 93.5 Å². The molecular weight excluding hydrogens is 206 g/mol. The molecule has 0 spiro atoms. The van der Waals surface area contributed by atoms with Crippen LogP contribution in [0.25, 0.3) is 0 Å². The quantitative estimate of drug-likeness (QED) is 0.696. The summed E-state index contributed by atoms with van der Waals surface area (Å²) in [4.78, 5) is 0. The van der Waals surface area contributed by atoms with Crippen molar-refractivity contribution in [3.8, 4) is 6.07 Å². The van der Waals surface area contributed by atoms with Gasteiger partial charge >= 0.3 is 0 Å². The van der Waals surface area contributed by atoms with Crippen molar-refractivity contribution in [1.82, 2.24) is 0 Å². The number of nitrogens with zero attached hydrogens (tertiary/aromatic N) is 1. The maximum atomic E-state index is 9.31. The van der Waals surface area contributed by atoms with Crippen molar-refractivity contribution < 1.29 is 9.16 Å². The maximum absolute atomic E-state index is 9.31. The summed E-state index contributed by atoms with van der Waals surface area (Å²) >= 11 is 0. The van der Waals surface area contributed by atoms with E-state index in [-0.39, 0.29) is 6.10 Å². The first-order valence-electron chi connectivity index (χ1n) is 5.64. The average Bonchev–Trinajstić information content (AvgIpc) is 2.15. The van der Waals surface area contributed by atoms with Crippen molar-refractivity contribution in [2.75, 3.05) is 6.61 Å². The van der Waals surface area contributed by atoms with Gasteiger partial charge in [-0.25, -0.2) is 0 Å². The van der Waals surface area contributed by atoms with Crippen LogP contribution in [0, 0.1) is 11.3 Å². The van der Waals surface area contributed by atoms with Crippen LogP contribution in [0.1, 0.15) is 26.2 Å². The van der Waals surface area contributed by atoms with Gasteiger partial charge in [0.2, 0.25) is 0 Å². The van der Waals surface area contributed by atoms with Crippen LogP contribution in [0.5, 0.6) is 0 Å². The second-order valence-corrected chi connectivity index (χ2v) is 9.60. The summed E-state index contributed by atoms with van der Waals surface area (Å²) < 4.78 is 11.6. The van der Waals surface area contributed by atoms with Crippen molar-refractivity contribution >= 4 is 8.32 Å². The molecule has 0 aliphatic carbocycles. The van der Waals surface area contributed by atoms with Gasteiger partial charge in [0, 0.05) is 12.8 Å². The molecular formula is C11H21NO2Si. The summed E-state index contributed by atoms with van der Waals surface area (Å²) in [5.41, 5.74) is -0.580. The van der Waals surface area contributed by atoms with E-state index in [1.54, 1.807) is 0 Å². The SMILES string of the molecule is CCC1CC(C#N)(O[Si](C)(C)C)CCO1. The Hall–Kier alpha value is -0.373. The number of nitriles is 1. The highest BCUT2D eigenvalue weighted by Crippen LogP contribution is 2.32. The number of rotatable bonds is 3. The zero-order chi connectivity index (χ0) is 11.5. The third kappa shape index (κ3) is 3.60. The van der Waals surface area contributed by atoms with E-state index < -0.39 is 13.9 Å². The third-order valence-corrected chi connectivity index (χ3v) is 3.58. The van der Waals surface area contributed by atoms with Gasteiger partial charge in [-0.05, 0) is 26.1 Å². The lowest BCUT2D eigenvalue weighted by atomic mass is 9.91. The van der Waals surface area contributed by atoms with E-state index in [0.29, 0.717) is 13.0 Å². The van der Waals surface area contributed by atoms with Crippen molar-refractivity contribution in [1.29, 1.82) is 5.26 Å². The fourth-order valence-corrected chi connectivity index (χ4v) is 3.39. The largest absolute Gasteiger partial charge is 0.400 e. The molecule has 1 aliphatic heterocycles. The lowest BCUT2D eigenvalue weighted by molar-refractivity contribution is -0.0676. The van der Waals surface area contributed by atoms with Gasteiger partial charge in [0.25, 0.3) is 0 Å². The van der Waals surface area contributed by atoms with Crippen LogP contribution < -0.4 is 0 Å². The first kappa shape index (κ1) is 12.7. The first-order valence-corrected chi connectivity index (χ1v) is 9.05. The number of ether oxygens (including phenoxy) is 1. The molecule has 1 saturated heterocycles. The lowest BCUT2D eigenvalue weighted by Crippen LogP contribution is -2.47. The van der Waals surface area contributed by atoms with E-state index >= 15 is 0 Å². The minimum atomic E-state index is -1.66. The van der Waals surface area contributed by atoms with Gasteiger partial charge < -0.3 is 9.16 Å². The van der Waals surface area contributed by atoms with Crippen molar-refractivity contribution in [2.24, 2.45) is 0 Å². The second kappa shape index (κ2) is 4.65. The molecule has 0 saturated carbocycles. The van der Waals surface area contributed by atoms with Gasteiger partial charge in [-0.3, -0.25) is 0 Å². The molecule has 0 aromatic rings. The lowest BCUT2D eigenvalue weighted by Gasteiger charge is -2.39. The van der Waals surface area contributed by atoms with E-state index in [9.17, 15) is 5.26 Å². The molecule has 2 atom stereocenters. The van der Waals surface area contributed by atoms with E-state index in [2.05, 4.69) is 32.6 Å². The zero-order valence-electron chi connectivity index (χ0n) is 10.2. The fourth-order valence-electron chi connectivity index (χ4n) is 1.98. The molecule has 3 nitrogen and oxygen atoms in total. The first-order chi connectivity index (χ1) is 6.91. The Morgan fingerprint density at radius 1 is 1.53 bits per heavy atom. The number of hydrogen-bond donors (Lipinski definition) is 0. The van der Waals surface area contributed by atoms with Crippen molar-refractivity contribution in [2.45, 2.75) is 57.5 Å². The highest BCUT2D eigenvalue weighted by molar-refractivity contribution is 6.69. The molecule has 0 aromatic carbocycles. The van der Waals surface area contributed by atoms with Gasteiger partial charge in [0.1, 0.15) is 5.60 Å². The molecule has 0 radical (unpaired) electrons. The van der Waals surface area contributed by atoms with Crippen molar-refractivity contribution in [3.63, 3.8) is 0 Å². The Morgan fingerprint density at radius 3 is 2.67 bits per heavy atom. The fraction of sp³-hybridized carbons (Fsp3) is 0.909. The minimum absolute atomic E-state index is 0.190. The molecule has 15 heavy (non-hydrogen) atoms. The molecule has 0 bridgehead atoms. The molecule has 86 valence electrons. The third-order valence-electron chi connectivity index (χ3n) is 2.58. The van der Waals surface area contributed by atoms with Crippen molar-refractivity contribution in [3.05, 3.63) is 0 Å². The zero-order valence-corrected chi connectivity index (χ0v) is 11.2. The van der Waals surface area contributed by atoms with E-state index in [4.69, 9.17) is 9.16 Å². The van der Waals surface area contributed by atoms with E-state index in [0.717, 1.165) is 12.8 Å². The standard InChI is InChI=1S/C11H21NO2Si/c1-5-10-8-11(9-12,6-7-13-10)14-15(2,3)4/h10H,5-8H2,1-4H3. The molecule has 1 rings (SSSR count). The van der Waals surface area contributed by atoms with Crippen LogP contribution in [0.2, 0.25) is 19.6 Å². The van der Waals surface area contributed by atoms with Gasteiger partial charge in [-0.1, -0.05) is 6.92 Å².